The molecular weight excluding hydrogens is 373 g/mol. The molecule has 148 valence electrons. The smallest absolute Gasteiger partial charge is 0.256 e. The van der Waals surface area contributed by atoms with Gasteiger partial charge in [-0.2, -0.15) is 0 Å². The lowest BCUT2D eigenvalue weighted by Gasteiger charge is -2.34. The molecule has 2 aliphatic heterocycles. The third kappa shape index (κ3) is 5.83. The molecule has 0 radical (unpaired) electrons. The quantitative estimate of drug-likeness (QED) is 0.766. The summed E-state index contributed by atoms with van der Waals surface area (Å²) < 4.78 is 5.57. The molecule has 2 aliphatic rings. The molecule has 0 spiro atoms. The number of halogens is 2. The zero-order chi connectivity index (χ0) is 16.8. The molecule has 2 saturated heterocycles. The van der Waals surface area contributed by atoms with Crippen molar-refractivity contribution in [2.75, 3.05) is 45.2 Å². The number of rotatable bonds is 6. The van der Waals surface area contributed by atoms with E-state index in [0.717, 1.165) is 31.7 Å². The summed E-state index contributed by atoms with van der Waals surface area (Å²) in [7, 11) is 1.63. The first kappa shape index (κ1) is 23.2. The average molecular weight is 404 g/mol. The average Bonchev–Trinajstić information content (AvgIpc) is 3.15. The molecule has 0 bridgehead atoms. The van der Waals surface area contributed by atoms with Crippen LogP contribution in [0.5, 0.6) is 0 Å². The first-order valence-corrected chi connectivity index (χ1v) is 9.10. The molecule has 0 aliphatic carbocycles. The van der Waals surface area contributed by atoms with Gasteiger partial charge < -0.3 is 20.3 Å². The molecule has 3 rings (SSSR count). The van der Waals surface area contributed by atoms with E-state index in [0.29, 0.717) is 12.8 Å². The summed E-state index contributed by atoms with van der Waals surface area (Å²) in [6, 6.07) is 8.24. The highest BCUT2D eigenvalue weighted by atomic mass is 35.5. The summed E-state index contributed by atoms with van der Waals surface area (Å²) in [5, 5.41) is 6.30. The van der Waals surface area contributed by atoms with Gasteiger partial charge in [0, 0.05) is 19.3 Å². The fourth-order valence-electron chi connectivity index (χ4n) is 3.65. The van der Waals surface area contributed by atoms with Crippen molar-refractivity contribution >= 4 is 36.4 Å². The van der Waals surface area contributed by atoms with Crippen molar-refractivity contribution in [2.24, 2.45) is 0 Å². The van der Waals surface area contributed by atoms with Crippen LogP contribution in [0.25, 0.3) is 0 Å². The number of ether oxygens (including phenoxy) is 1. The van der Waals surface area contributed by atoms with Crippen molar-refractivity contribution in [1.29, 1.82) is 0 Å². The second-order valence-electron chi connectivity index (χ2n) is 6.90. The number of hydrogen-bond donors (Lipinski definition) is 2. The van der Waals surface area contributed by atoms with E-state index in [1.807, 2.05) is 12.1 Å². The van der Waals surface area contributed by atoms with E-state index in [4.69, 9.17) is 4.74 Å². The standard InChI is InChI=1S/C19H29N3O2.2ClH/c1-24-19(9-11-20-12-10-19)18(23)21-17-6-4-16(5-7-17)8-15-22-13-2-3-14-22;;/h4-7,20H,2-3,8-15H2,1H3,(H,21,23);2*1H. The monoisotopic (exact) mass is 403 g/mol. The second-order valence-corrected chi connectivity index (χ2v) is 6.90. The molecule has 2 N–H and O–H groups in total. The fraction of sp³-hybridized carbons (Fsp3) is 0.632. The molecular formula is C19H31Cl2N3O2. The van der Waals surface area contributed by atoms with E-state index in [9.17, 15) is 4.79 Å². The number of nitrogens with zero attached hydrogens (tertiary/aromatic N) is 1. The molecule has 1 amide bonds. The number of methoxy groups -OCH3 is 1. The van der Waals surface area contributed by atoms with Crippen LogP contribution in [0.3, 0.4) is 0 Å². The molecule has 0 unspecified atom stereocenters. The maximum atomic E-state index is 12.6. The van der Waals surface area contributed by atoms with Gasteiger partial charge in [-0.05, 0) is 76.0 Å². The lowest BCUT2D eigenvalue weighted by atomic mass is 9.91. The van der Waals surface area contributed by atoms with Crippen LogP contribution in [-0.2, 0) is 16.0 Å². The zero-order valence-electron chi connectivity index (χ0n) is 15.5. The van der Waals surface area contributed by atoms with Crippen LogP contribution in [0.15, 0.2) is 24.3 Å². The minimum atomic E-state index is -0.695. The van der Waals surface area contributed by atoms with Crippen molar-refractivity contribution < 1.29 is 9.53 Å². The number of amides is 1. The molecule has 5 nitrogen and oxygen atoms in total. The van der Waals surface area contributed by atoms with E-state index in [-0.39, 0.29) is 30.7 Å². The van der Waals surface area contributed by atoms with Crippen LogP contribution in [0, 0.1) is 0 Å². The summed E-state index contributed by atoms with van der Waals surface area (Å²) in [5.41, 5.74) is 1.47. The minimum Gasteiger partial charge on any atom is -0.368 e. The van der Waals surface area contributed by atoms with E-state index < -0.39 is 5.60 Å². The predicted molar refractivity (Wildman–Crippen MR) is 111 cm³/mol. The van der Waals surface area contributed by atoms with Gasteiger partial charge >= 0.3 is 0 Å². The molecule has 2 fully saturated rings. The fourth-order valence-corrected chi connectivity index (χ4v) is 3.65. The van der Waals surface area contributed by atoms with Gasteiger partial charge in [0.25, 0.3) is 5.91 Å². The van der Waals surface area contributed by atoms with E-state index in [1.54, 1.807) is 7.11 Å². The van der Waals surface area contributed by atoms with E-state index in [1.165, 1.54) is 31.5 Å². The van der Waals surface area contributed by atoms with Crippen molar-refractivity contribution in [3.8, 4) is 0 Å². The van der Waals surface area contributed by atoms with Gasteiger partial charge in [-0.3, -0.25) is 4.79 Å². The van der Waals surface area contributed by atoms with Crippen molar-refractivity contribution in [1.82, 2.24) is 10.2 Å². The Morgan fingerprint density at radius 2 is 1.77 bits per heavy atom. The molecule has 0 saturated carbocycles. The van der Waals surface area contributed by atoms with Gasteiger partial charge in [0.15, 0.2) is 0 Å². The van der Waals surface area contributed by atoms with Crippen LogP contribution < -0.4 is 10.6 Å². The maximum absolute atomic E-state index is 12.6. The number of hydrogen-bond acceptors (Lipinski definition) is 4. The minimum absolute atomic E-state index is 0. The van der Waals surface area contributed by atoms with Gasteiger partial charge in [0.1, 0.15) is 5.60 Å². The summed E-state index contributed by atoms with van der Waals surface area (Å²) in [6.45, 7) is 5.24. The predicted octanol–water partition coefficient (Wildman–Crippen LogP) is 2.88. The topological polar surface area (TPSA) is 53.6 Å². The van der Waals surface area contributed by atoms with Crippen molar-refractivity contribution in [3.05, 3.63) is 29.8 Å². The molecule has 0 atom stereocenters. The number of anilines is 1. The van der Waals surface area contributed by atoms with Gasteiger partial charge in [-0.1, -0.05) is 12.1 Å². The molecule has 7 heteroatoms. The number of carbonyl (C=O) groups is 1. The van der Waals surface area contributed by atoms with Crippen LogP contribution in [0.4, 0.5) is 5.69 Å². The summed E-state index contributed by atoms with van der Waals surface area (Å²) in [4.78, 5) is 15.2. The molecule has 1 aromatic rings. The summed E-state index contributed by atoms with van der Waals surface area (Å²) in [6.07, 6.45) is 5.16. The number of piperidine rings is 1. The van der Waals surface area contributed by atoms with Crippen LogP contribution in [0.1, 0.15) is 31.2 Å². The highest BCUT2D eigenvalue weighted by molar-refractivity contribution is 5.97. The lowest BCUT2D eigenvalue weighted by molar-refractivity contribution is -0.140. The highest BCUT2D eigenvalue weighted by Crippen LogP contribution is 2.24. The summed E-state index contributed by atoms with van der Waals surface area (Å²) >= 11 is 0. The maximum Gasteiger partial charge on any atom is 0.256 e. The molecule has 2 heterocycles. The Labute approximate surface area is 169 Å². The molecule has 1 aromatic carbocycles. The Bertz CT molecular complexity index is 542. The van der Waals surface area contributed by atoms with Crippen LogP contribution >= 0.6 is 24.8 Å². The van der Waals surface area contributed by atoms with E-state index in [2.05, 4.69) is 27.7 Å². The van der Waals surface area contributed by atoms with E-state index >= 15 is 0 Å². The SMILES string of the molecule is COC1(C(=O)Nc2ccc(CCN3CCCC3)cc2)CCNCC1.Cl.Cl. The summed E-state index contributed by atoms with van der Waals surface area (Å²) in [5.74, 6) is -0.0312. The first-order chi connectivity index (χ1) is 11.7. The van der Waals surface area contributed by atoms with Crippen LogP contribution in [-0.4, -0.2) is 56.2 Å². The van der Waals surface area contributed by atoms with Gasteiger partial charge in [0.2, 0.25) is 0 Å². The van der Waals surface area contributed by atoms with Crippen molar-refractivity contribution in [2.45, 2.75) is 37.7 Å². The number of likely N-dealkylation sites (tertiary alicyclic amines) is 1. The first-order valence-electron chi connectivity index (χ1n) is 9.10. The van der Waals surface area contributed by atoms with Gasteiger partial charge in [-0.25, -0.2) is 0 Å². The third-order valence-corrected chi connectivity index (χ3v) is 5.34. The van der Waals surface area contributed by atoms with Gasteiger partial charge in [0.05, 0.1) is 0 Å². The Hall–Kier alpha value is -0.850. The molecule has 0 aromatic heterocycles. The normalized spacial score (nSPS) is 19.3. The Morgan fingerprint density at radius 1 is 1.15 bits per heavy atom. The zero-order valence-corrected chi connectivity index (χ0v) is 17.1. The largest absolute Gasteiger partial charge is 0.368 e. The lowest BCUT2D eigenvalue weighted by Crippen LogP contribution is -2.51. The number of benzene rings is 1. The van der Waals surface area contributed by atoms with Crippen molar-refractivity contribution in [3.63, 3.8) is 0 Å². The number of carbonyl (C=O) groups excluding carboxylic acids is 1. The Morgan fingerprint density at radius 3 is 2.35 bits per heavy atom. The van der Waals surface area contributed by atoms with Crippen LogP contribution in [0.2, 0.25) is 0 Å². The number of nitrogens with one attached hydrogen (secondary N) is 2. The molecule has 26 heavy (non-hydrogen) atoms. The highest BCUT2D eigenvalue weighted by Gasteiger charge is 2.39. The Balaban J connectivity index is 0.00000169. The third-order valence-electron chi connectivity index (χ3n) is 5.34. The Kier molecular flexibility index (Phi) is 9.90. The van der Waals surface area contributed by atoms with Gasteiger partial charge in [-0.15, -0.1) is 24.8 Å². The second kappa shape index (κ2) is 11.1.